The molecule has 7 rings (SSSR count). The molecule has 0 bridgehead atoms. The van der Waals surface area contributed by atoms with Crippen LogP contribution in [0.3, 0.4) is 0 Å². The number of benzene rings is 1. The Hall–Kier alpha value is -2.96. The molecule has 4 fully saturated rings. The second-order valence-corrected chi connectivity index (χ2v) is 16.0. The Morgan fingerprint density at radius 2 is 1.72 bits per heavy atom. The minimum absolute atomic E-state index is 0.0278. The van der Waals surface area contributed by atoms with E-state index < -0.39 is 52.8 Å². The quantitative estimate of drug-likeness (QED) is 0.150. The summed E-state index contributed by atoms with van der Waals surface area (Å²) in [4.78, 5) is 0. The molecular weight excluding hydrogens is 663 g/mol. The van der Waals surface area contributed by atoms with Crippen LogP contribution < -0.4 is 0 Å². The largest absolute Gasteiger partial charge is 0.456 e. The number of halogens is 5. The first-order valence-corrected chi connectivity index (χ1v) is 17.2. The van der Waals surface area contributed by atoms with Gasteiger partial charge in [0.1, 0.15) is 18.8 Å². The zero-order valence-corrected chi connectivity index (χ0v) is 28.4. The SMILES string of the molecule is CC1(C)COC2(CCC3=C4[C@@H](CC[C@@]3(O)C2)[C@@H]2CC[C@@](O)(C(F)(F)C(F)(F)F)[C@@]2(C)C[C@@H]4c2ccc(C#CCOCc3nnn[nH]3)cc2)OC1. The molecule has 1 aromatic heterocycles. The average molecular weight is 707 g/mol. The number of hydrogen-bond donors (Lipinski definition) is 3. The van der Waals surface area contributed by atoms with Crippen molar-refractivity contribution in [3.8, 4) is 11.8 Å². The number of aromatic nitrogens is 4. The number of nitrogens with zero attached hydrogens (tertiary/aromatic N) is 3. The van der Waals surface area contributed by atoms with Gasteiger partial charge in [-0.3, -0.25) is 0 Å². The first-order valence-electron chi connectivity index (χ1n) is 17.2. The highest BCUT2D eigenvalue weighted by molar-refractivity contribution is 5.46. The lowest BCUT2D eigenvalue weighted by atomic mass is 9.49. The number of allylic oxidation sites excluding steroid dienone is 1. The molecule has 3 saturated carbocycles. The van der Waals surface area contributed by atoms with Crippen molar-refractivity contribution in [2.45, 2.75) is 114 Å². The summed E-state index contributed by atoms with van der Waals surface area (Å²) in [6.45, 7) is 6.74. The lowest BCUT2D eigenvalue weighted by Gasteiger charge is -2.59. The zero-order chi connectivity index (χ0) is 35.8. The van der Waals surface area contributed by atoms with Gasteiger partial charge in [0.2, 0.25) is 0 Å². The van der Waals surface area contributed by atoms with Crippen molar-refractivity contribution in [2.24, 2.45) is 22.7 Å². The Morgan fingerprint density at radius 3 is 2.38 bits per heavy atom. The van der Waals surface area contributed by atoms with E-state index >= 15 is 8.78 Å². The Kier molecular flexibility index (Phi) is 8.54. The number of ether oxygens (including phenoxy) is 3. The summed E-state index contributed by atoms with van der Waals surface area (Å²) in [5.41, 5.74) is -3.42. The zero-order valence-electron chi connectivity index (χ0n) is 28.4. The van der Waals surface area contributed by atoms with E-state index in [2.05, 4.69) is 32.5 Å². The highest BCUT2D eigenvalue weighted by atomic mass is 19.4. The van der Waals surface area contributed by atoms with Crippen molar-refractivity contribution >= 4 is 0 Å². The monoisotopic (exact) mass is 706 g/mol. The number of alkyl halides is 5. The van der Waals surface area contributed by atoms with Crippen LogP contribution in [0.25, 0.3) is 0 Å². The third kappa shape index (κ3) is 5.68. The summed E-state index contributed by atoms with van der Waals surface area (Å²) in [7, 11) is 0. The highest BCUT2D eigenvalue weighted by Crippen LogP contribution is 2.71. The number of rotatable bonds is 5. The molecule has 2 aromatic rings. The summed E-state index contributed by atoms with van der Waals surface area (Å²) in [6.07, 6.45) is -4.85. The van der Waals surface area contributed by atoms with Crippen molar-refractivity contribution in [2.75, 3.05) is 19.8 Å². The van der Waals surface area contributed by atoms with Gasteiger partial charge in [-0.1, -0.05) is 50.3 Å². The fraction of sp³-hybridized carbons (Fsp3) is 0.694. The molecule has 272 valence electrons. The molecule has 4 aliphatic carbocycles. The molecule has 1 aromatic carbocycles. The first-order chi connectivity index (χ1) is 23.4. The summed E-state index contributed by atoms with van der Waals surface area (Å²) >= 11 is 0. The van der Waals surface area contributed by atoms with Crippen LogP contribution in [0.4, 0.5) is 22.0 Å². The maximum Gasteiger partial charge on any atom is 0.456 e. The summed E-state index contributed by atoms with van der Waals surface area (Å²) < 4.78 is 90.7. The van der Waals surface area contributed by atoms with E-state index in [1.54, 1.807) is 12.1 Å². The molecular formula is C36H43F5N4O5. The van der Waals surface area contributed by atoms with Crippen LogP contribution in [0.5, 0.6) is 0 Å². The van der Waals surface area contributed by atoms with Gasteiger partial charge in [0.15, 0.2) is 11.6 Å². The number of aliphatic hydroxyl groups is 2. The van der Waals surface area contributed by atoms with Crippen molar-refractivity contribution < 1.29 is 46.4 Å². The Balaban J connectivity index is 1.23. The van der Waals surface area contributed by atoms with E-state index in [1.165, 1.54) is 6.92 Å². The maximum absolute atomic E-state index is 15.4. The Labute approximate surface area is 287 Å². The van der Waals surface area contributed by atoms with Gasteiger partial charge in [0.05, 0.1) is 18.8 Å². The first kappa shape index (κ1) is 35.4. The average Bonchev–Trinajstić information content (AvgIpc) is 3.68. The number of nitrogens with one attached hydrogen (secondary N) is 1. The lowest BCUT2D eigenvalue weighted by Crippen LogP contribution is -2.65. The fourth-order valence-corrected chi connectivity index (χ4v) is 9.68. The molecule has 0 radical (unpaired) electrons. The molecule has 50 heavy (non-hydrogen) atoms. The topological polar surface area (TPSA) is 123 Å². The van der Waals surface area contributed by atoms with Gasteiger partial charge >= 0.3 is 12.1 Å². The summed E-state index contributed by atoms with van der Waals surface area (Å²) in [5.74, 6) is -1.48. The van der Waals surface area contributed by atoms with E-state index in [9.17, 15) is 23.4 Å². The van der Waals surface area contributed by atoms with Crippen LogP contribution >= 0.6 is 0 Å². The van der Waals surface area contributed by atoms with Gasteiger partial charge in [0, 0.05) is 35.2 Å². The van der Waals surface area contributed by atoms with Gasteiger partial charge in [-0.05, 0) is 84.1 Å². The van der Waals surface area contributed by atoms with Crippen LogP contribution in [0.1, 0.15) is 95.0 Å². The number of H-pyrrole nitrogens is 1. The van der Waals surface area contributed by atoms with Gasteiger partial charge < -0.3 is 24.4 Å². The smallest absolute Gasteiger partial charge is 0.385 e. The van der Waals surface area contributed by atoms with Crippen LogP contribution in [0.2, 0.25) is 0 Å². The predicted octanol–water partition coefficient (Wildman–Crippen LogP) is 5.99. The lowest BCUT2D eigenvalue weighted by molar-refractivity contribution is -0.362. The second-order valence-electron chi connectivity index (χ2n) is 16.0. The van der Waals surface area contributed by atoms with E-state index in [0.29, 0.717) is 55.8 Å². The standard InChI is InChI=1S/C36H43F5N4O5/c1-30(2)20-49-33(50-21-30)14-11-27-29-24(10-13-32(27,46)19-33)26-12-15-34(47,35(37,38)36(39,40)41)31(26,3)17-25(29)23-8-6-22(7-9-23)5-4-16-48-18-28-42-44-45-43-28/h6-9,24-26,46-47H,10-21H2,1-3H3,(H,42,43,44,45)/t24-,25+,26-,31-,32+,34-/m0/s1. The fourth-order valence-electron chi connectivity index (χ4n) is 9.68. The third-order valence-corrected chi connectivity index (χ3v) is 12.2. The van der Waals surface area contributed by atoms with E-state index in [1.807, 2.05) is 26.0 Å². The van der Waals surface area contributed by atoms with Crippen LogP contribution in [-0.4, -0.2) is 79.7 Å². The second kappa shape index (κ2) is 12.0. The molecule has 1 saturated heterocycles. The maximum atomic E-state index is 15.4. The minimum Gasteiger partial charge on any atom is -0.385 e. The van der Waals surface area contributed by atoms with Crippen LogP contribution in [0, 0.1) is 34.5 Å². The number of fused-ring (bicyclic) bond motifs is 4. The van der Waals surface area contributed by atoms with E-state index in [4.69, 9.17) is 14.2 Å². The Morgan fingerprint density at radius 1 is 1.00 bits per heavy atom. The van der Waals surface area contributed by atoms with Crippen LogP contribution in [0.15, 0.2) is 35.4 Å². The number of aromatic amines is 1. The molecule has 3 N–H and O–H groups in total. The number of hydrogen-bond acceptors (Lipinski definition) is 8. The minimum atomic E-state index is -5.91. The predicted molar refractivity (Wildman–Crippen MR) is 168 cm³/mol. The third-order valence-electron chi connectivity index (χ3n) is 12.2. The highest BCUT2D eigenvalue weighted by Gasteiger charge is 2.79. The molecule has 5 aliphatic rings. The molecule has 1 spiro atoms. The molecule has 2 heterocycles. The Bertz CT molecular complexity index is 1680. The van der Waals surface area contributed by atoms with E-state index in [-0.39, 0.29) is 43.8 Å². The molecule has 6 atom stereocenters. The molecule has 0 amide bonds. The normalized spacial score (nSPS) is 34.8. The van der Waals surface area contributed by atoms with Gasteiger partial charge in [-0.25, -0.2) is 5.10 Å². The van der Waals surface area contributed by atoms with Gasteiger partial charge in [0.25, 0.3) is 0 Å². The van der Waals surface area contributed by atoms with E-state index in [0.717, 1.165) is 11.1 Å². The molecule has 0 unspecified atom stereocenters. The van der Waals surface area contributed by atoms with Crippen LogP contribution in [-0.2, 0) is 20.8 Å². The molecule has 1 aliphatic heterocycles. The summed E-state index contributed by atoms with van der Waals surface area (Å²) in [6, 6.07) is 7.18. The summed E-state index contributed by atoms with van der Waals surface area (Å²) in [5, 5.41) is 37.2. The molecule has 9 nitrogen and oxygen atoms in total. The van der Waals surface area contributed by atoms with Crippen molar-refractivity contribution in [1.29, 1.82) is 0 Å². The van der Waals surface area contributed by atoms with Crippen molar-refractivity contribution in [1.82, 2.24) is 20.6 Å². The van der Waals surface area contributed by atoms with Gasteiger partial charge in [-0.2, -0.15) is 22.0 Å². The van der Waals surface area contributed by atoms with Gasteiger partial charge in [-0.15, -0.1) is 5.10 Å². The van der Waals surface area contributed by atoms with Crippen molar-refractivity contribution in [3.63, 3.8) is 0 Å². The molecule has 14 heteroatoms. The van der Waals surface area contributed by atoms with Crippen molar-refractivity contribution in [3.05, 3.63) is 52.4 Å². The number of tetrazole rings is 1.